The molecule has 4 rings (SSSR count). The van der Waals surface area contributed by atoms with Crippen LogP contribution in [0.2, 0.25) is 0 Å². The van der Waals surface area contributed by atoms with Crippen LogP contribution in [0.25, 0.3) is 10.9 Å². The van der Waals surface area contributed by atoms with Gasteiger partial charge in [-0.05, 0) is 36.8 Å². The molecule has 138 valence electrons. The van der Waals surface area contributed by atoms with Gasteiger partial charge in [0.15, 0.2) is 0 Å². The van der Waals surface area contributed by atoms with E-state index in [1.165, 1.54) is 17.7 Å². The minimum Gasteiger partial charge on any atom is -0.360 e. The molecule has 0 spiro atoms. The van der Waals surface area contributed by atoms with Crippen molar-refractivity contribution in [3.8, 4) is 0 Å². The number of aromatic nitrogens is 1. The number of rotatable bonds is 4. The van der Waals surface area contributed by atoms with Gasteiger partial charge in [0.05, 0.1) is 10.5 Å². The second-order valence-electron chi connectivity index (χ2n) is 7.11. The summed E-state index contributed by atoms with van der Waals surface area (Å²) in [6, 6.07) is 15.0. The summed E-state index contributed by atoms with van der Waals surface area (Å²) in [5, 5.41) is 11.6. The van der Waals surface area contributed by atoms with E-state index < -0.39 is 4.92 Å². The number of benzene rings is 2. The Morgan fingerprint density at radius 1 is 1.15 bits per heavy atom. The van der Waals surface area contributed by atoms with Gasteiger partial charge in [-0.15, -0.1) is 0 Å². The third-order valence-electron chi connectivity index (χ3n) is 5.38. The van der Waals surface area contributed by atoms with Crippen molar-refractivity contribution in [2.75, 3.05) is 13.1 Å². The van der Waals surface area contributed by atoms with Crippen molar-refractivity contribution in [2.24, 2.45) is 5.92 Å². The Bertz CT molecular complexity index is 973. The average molecular weight is 363 g/mol. The maximum Gasteiger partial charge on any atom is 0.270 e. The molecule has 1 aromatic heterocycles. The third-order valence-corrected chi connectivity index (χ3v) is 5.38. The monoisotopic (exact) mass is 363 g/mol. The number of nitro groups is 1. The number of piperidine rings is 1. The first-order chi connectivity index (χ1) is 13.1. The van der Waals surface area contributed by atoms with Crippen LogP contribution in [0.5, 0.6) is 0 Å². The van der Waals surface area contributed by atoms with Crippen molar-refractivity contribution in [3.05, 3.63) is 76.0 Å². The molecule has 1 amide bonds. The number of amides is 1. The van der Waals surface area contributed by atoms with E-state index in [-0.39, 0.29) is 11.6 Å². The number of likely N-dealkylation sites (tertiary alicyclic amines) is 1. The zero-order chi connectivity index (χ0) is 18.8. The van der Waals surface area contributed by atoms with E-state index in [1.54, 1.807) is 12.3 Å². The Morgan fingerprint density at radius 2 is 1.89 bits per heavy atom. The summed E-state index contributed by atoms with van der Waals surface area (Å²) in [4.78, 5) is 28.5. The molecule has 1 fully saturated rings. The fourth-order valence-corrected chi connectivity index (χ4v) is 3.86. The van der Waals surface area contributed by atoms with Crippen LogP contribution in [0.1, 0.15) is 28.8 Å². The van der Waals surface area contributed by atoms with E-state index in [2.05, 4.69) is 29.2 Å². The number of nitrogens with zero attached hydrogens (tertiary/aromatic N) is 2. The summed E-state index contributed by atoms with van der Waals surface area (Å²) >= 11 is 0. The molecule has 3 aromatic rings. The molecule has 27 heavy (non-hydrogen) atoms. The molecule has 0 aliphatic carbocycles. The number of hydrogen-bond donors (Lipinski definition) is 1. The van der Waals surface area contributed by atoms with Crippen molar-refractivity contribution >= 4 is 22.5 Å². The van der Waals surface area contributed by atoms with Gasteiger partial charge in [-0.1, -0.05) is 30.3 Å². The fourth-order valence-electron chi connectivity index (χ4n) is 3.86. The van der Waals surface area contributed by atoms with Crippen LogP contribution in [-0.4, -0.2) is 33.8 Å². The van der Waals surface area contributed by atoms with Gasteiger partial charge in [0.25, 0.3) is 11.6 Å². The van der Waals surface area contributed by atoms with Gasteiger partial charge in [0, 0.05) is 42.3 Å². The quantitative estimate of drug-likeness (QED) is 0.558. The van der Waals surface area contributed by atoms with Gasteiger partial charge < -0.3 is 9.88 Å². The van der Waals surface area contributed by atoms with E-state index in [1.807, 2.05) is 11.0 Å². The normalized spacial score (nSPS) is 15.2. The number of nitro benzene ring substituents is 1. The number of non-ortho nitro benzene ring substituents is 1. The molecule has 2 aromatic carbocycles. The molecule has 6 nitrogen and oxygen atoms in total. The lowest BCUT2D eigenvalue weighted by molar-refractivity contribution is -0.384. The summed E-state index contributed by atoms with van der Waals surface area (Å²) in [5.74, 6) is 0.528. The molecule has 1 N–H and O–H groups in total. The molecule has 6 heteroatoms. The summed E-state index contributed by atoms with van der Waals surface area (Å²) in [7, 11) is 0. The van der Waals surface area contributed by atoms with Crippen molar-refractivity contribution in [1.29, 1.82) is 0 Å². The summed E-state index contributed by atoms with van der Waals surface area (Å²) in [6.45, 7) is 1.44. The van der Waals surface area contributed by atoms with E-state index >= 15 is 0 Å². The third kappa shape index (κ3) is 3.56. The molecule has 0 radical (unpaired) electrons. The molecular formula is C21H21N3O3. The van der Waals surface area contributed by atoms with Crippen LogP contribution in [0, 0.1) is 16.0 Å². The van der Waals surface area contributed by atoms with E-state index in [9.17, 15) is 14.9 Å². The SMILES string of the molecule is O=C(c1c[nH]c2ccc([N+](=O)[O-])cc12)N1CCC(Cc2ccccc2)CC1. The van der Waals surface area contributed by atoms with Gasteiger partial charge in [-0.25, -0.2) is 0 Å². The Hall–Kier alpha value is -3.15. The van der Waals surface area contributed by atoms with Crippen LogP contribution in [-0.2, 0) is 6.42 Å². The lowest BCUT2D eigenvalue weighted by atomic mass is 9.90. The number of fused-ring (bicyclic) bond motifs is 1. The van der Waals surface area contributed by atoms with Gasteiger partial charge in [0.1, 0.15) is 0 Å². The van der Waals surface area contributed by atoms with Crippen molar-refractivity contribution in [3.63, 3.8) is 0 Å². The number of carbonyl (C=O) groups excluding carboxylic acids is 1. The number of carbonyl (C=O) groups is 1. The van der Waals surface area contributed by atoms with Gasteiger partial charge >= 0.3 is 0 Å². The average Bonchev–Trinajstić information content (AvgIpc) is 3.12. The van der Waals surface area contributed by atoms with Crippen LogP contribution in [0.4, 0.5) is 5.69 Å². The standard InChI is InChI=1S/C21H21N3O3/c25-21(19-14-22-20-7-6-17(24(26)27)13-18(19)20)23-10-8-16(9-11-23)12-15-4-2-1-3-5-15/h1-7,13-14,16,22H,8-12H2. The van der Waals surface area contributed by atoms with Gasteiger partial charge in [-0.2, -0.15) is 0 Å². The van der Waals surface area contributed by atoms with Crippen molar-refractivity contribution in [2.45, 2.75) is 19.3 Å². The molecule has 1 saturated heterocycles. The van der Waals surface area contributed by atoms with Gasteiger partial charge in [0.2, 0.25) is 0 Å². The number of H-pyrrole nitrogens is 1. The summed E-state index contributed by atoms with van der Waals surface area (Å²) in [5.41, 5.74) is 2.59. The lowest BCUT2D eigenvalue weighted by Gasteiger charge is -2.32. The maximum atomic E-state index is 13.0. The Morgan fingerprint density at radius 3 is 2.59 bits per heavy atom. The van der Waals surface area contributed by atoms with E-state index in [0.717, 1.165) is 37.9 Å². The highest BCUT2D eigenvalue weighted by atomic mass is 16.6. The number of nitrogens with one attached hydrogen (secondary N) is 1. The fraction of sp³-hybridized carbons (Fsp3) is 0.286. The number of aromatic amines is 1. The van der Waals surface area contributed by atoms with Crippen molar-refractivity contribution in [1.82, 2.24) is 9.88 Å². The second-order valence-corrected chi connectivity index (χ2v) is 7.11. The van der Waals surface area contributed by atoms with E-state index in [4.69, 9.17) is 0 Å². The van der Waals surface area contributed by atoms with Crippen LogP contribution in [0.15, 0.2) is 54.7 Å². The first-order valence-electron chi connectivity index (χ1n) is 9.20. The molecule has 1 aliphatic heterocycles. The smallest absolute Gasteiger partial charge is 0.270 e. The molecule has 1 aliphatic rings. The predicted molar refractivity (Wildman–Crippen MR) is 104 cm³/mol. The number of hydrogen-bond acceptors (Lipinski definition) is 3. The van der Waals surface area contributed by atoms with Crippen molar-refractivity contribution < 1.29 is 9.72 Å². The van der Waals surface area contributed by atoms with Gasteiger partial charge in [-0.3, -0.25) is 14.9 Å². The van der Waals surface area contributed by atoms with Crippen LogP contribution in [0.3, 0.4) is 0 Å². The lowest BCUT2D eigenvalue weighted by Crippen LogP contribution is -2.38. The first kappa shape index (κ1) is 17.3. The molecule has 0 atom stereocenters. The largest absolute Gasteiger partial charge is 0.360 e. The Kier molecular flexibility index (Phi) is 4.62. The summed E-state index contributed by atoms with van der Waals surface area (Å²) in [6.07, 6.45) is 4.65. The zero-order valence-corrected chi connectivity index (χ0v) is 14.9. The van der Waals surface area contributed by atoms with E-state index in [0.29, 0.717) is 16.9 Å². The zero-order valence-electron chi connectivity index (χ0n) is 14.9. The summed E-state index contributed by atoms with van der Waals surface area (Å²) < 4.78 is 0. The molecule has 0 bridgehead atoms. The Labute approximate surface area is 157 Å². The molecule has 0 saturated carbocycles. The minimum atomic E-state index is -0.435. The minimum absolute atomic E-state index is 0.00211. The topological polar surface area (TPSA) is 79.2 Å². The molecular weight excluding hydrogens is 342 g/mol. The maximum absolute atomic E-state index is 13.0. The predicted octanol–water partition coefficient (Wildman–Crippen LogP) is 4.17. The second kappa shape index (κ2) is 7.23. The highest BCUT2D eigenvalue weighted by molar-refractivity contribution is 6.07. The van der Waals surface area contributed by atoms with Crippen LogP contribution < -0.4 is 0 Å². The highest BCUT2D eigenvalue weighted by Gasteiger charge is 2.25. The molecule has 0 unspecified atom stereocenters. The first-order valence-corrected chi connectivity index (χ1v) is 9.20. The highest BCUT2D eigenvalue weighted by Crippen LogP contribution is 2.27. The molecule has 2 heterocycles. The van der Waals surface area contributed by atoms with Crippen LogP contribution >= 0.6 is 0 Å². The Balaban J connectivity index is 1.46.